The monoisotopic (exact) mass is 323 g/mol. The number of nitrogens with zero attached hydrogens (tertiary/aromatic N) is 1. The van der Waals surface area contributed by atoms with Crippen molar-refractivity contribution in [1.82, 2.24) is 4.57 Å². The van der Waals surface area contributed by atoms with E-state index in [1.54, 1.807) is 30.3 Å². The number of hydrogen-bond acceptors (Lipinski definition) is 3. The van der Waals surface area contributed by atoms with Crippen molar-refractivity contribution in [2.24, 2.45) is 0 Å². The van der Waals surface area contributed by atoms with Crippen LogP contribution in [-0.4, -0.2) is 27.2 Å². The minimum absolute atomic E-state index is 0.127. The molecule has 0 aliphatic rings. The molecule has 0 unspecified atom stereocenters. The molecule has 0 bridgehead atoms. The Kier molecular flexibility index (Phi) is 3.93. The largest absolute Gasteiger partial charge is 0.478 e. The molecule has 1 heterocycles. The van der Waals surface area contributed by atoms with E-state index in [0.29, 0.717) is 5.56 Å². The van der Waals surface area contributed by atoms with E-state index < -0.39 is 5.97 Å². The van der Waals surface area contributed by atoms with E-state index in [4.69, 9.17) is 0 Å². The predicted octanol–water partition coefficient (Wildman–Crippen LogP) is 3.67. The average molecular weight is 323 g/mol. The van der Waals surface area contributed by atoms with Gasteiger partial charge in [0.2, 0.25) is 0 Å². The molecule has 0 saturated carbocycles. The third kappa shape index (κ3) is 2.58. The summed E-state index contributed by atoms with van der Waals surface area (Å²) in [6, 6.07) is 10.3. The molecule has 2 aromatic carbocycles. The number of carboxylic acid groups (broad SMARTS) is 1. The van der Waals surface area contributed by atoms with Gasteiger partial charge in [0.25, 0.3) is 0 Å². The Morgan fingerprint density at radius 2 is 1.50 bits per heavy atom. The molecule has 0 atom stereocenters. The highest BCUT2D eigenvalue weighted by atomic mass is 16.4. The number of ketones is 2. The van der Waals surface area contributed by atoms with Crippen LogP contribution in [0.1, 0.15) is 41.0 Å². The minimum Gasteiger partial charge on any atom is -0.478 e. The minimum atomic E-state index is -0.988. The normalized spacial score (nSPS) is 11.1. The maximum absolute atomic E-state index is 12.2. The Bertz CT molecular complexity index is 997. The average Bonchev–Trinajstić information content (AvgIpc) is 2.86. The summed E-state index contributed by atoms with van der Waals surface area (Å²) >= 11 is 0. The number of carbonyl (C=O) groups excluding carboxylic acids is 2. The second-order valence-corrected chi connectivity index (χ2v) is 5.82. The molecule has 0 radical (unpaired) electrons. The molecule has 1 aromatic heterocycles. The predicted molar refractivity (Wildman–Crippen MR) is 91.7 cm³/mol. The molecule has 0 saturated heterocycles. The fourth-order valence-corrected chi connectivity index (χ4v) is 3.08. The van der Waals surface area contributed by atoms with Gasteiger partial charge < -0.3 is 9.67 Å². The molecular weight excluding hydrogens is 306 g/mol. The first kappa shape index (κ1) is 15.9. The number of aryl methyl sites for hydroxylation is 1. The highest BCUT2D eigenvalue weighted by Gasteiger charge is 2.15. The van der Waals surface area contributed by atoms with E-state index in [1.165, 1.54) is 6.92 Å². The van der Waals surface area contributed by atoms with Crippen LogP contribution in [0.25, 0.3) is 21.8 Å². The van der Waals surface area contributed by atoms with Crippen LogP contribution in [0.4, 0.5) is 0 Å². The standard InChI is InChI=1S/C19H17NO4/c1-3-20-16-6-4-12(18(22)8-11(2)21)9-14(16)15-10-13(19(23)24)5-7-17(15)20/h4-7,9-10H,3,8H2,1-2H3,(H,23,24). The summed E-state index contributed by atoms with van der Waals surface area (Å²) in [7, 11) is 0. The van der Waals surface area contributed by atoms with E-state index in [0.717, 1.165) is 28.4 Å². The molecule has 0 aliphatic heterocycles. The third-order valence-electron chi connectivity index (χ3n) is 4.16. The molecule has 3 aromatic rings. The summed E-state index contributed by atoms with van der Waals surface area (Å²) in [5, 5.41) is 10.8. The highest BCUT2D eigenvalue weighted by Crippen LogP contribution is 2.31. The zero-order valence-corrected chi connectivity index (χ0v) is 13.5. The molecule has 24 heavy (non-hydrogen) atoms. The number of benzene rings is 2. The van der Waals surface area contributed by atoms with Gasteiger partial charge in [0, 0.05) is 33.9 Å². The van der Waals surface area contributed by atoms with Crippen molar-refractivity contribution in [3.05, 3.63) is 47.5 Å². The summed E-state index contributed by atoms with van der Waals surface area (Å²) < 4.78 is 2.08. The topological polar surface area (TPSA) is 76.4 Å². The van der Waals surface area contributed by atoms with Crippen LogP contribution in [0.3, 0.4) is 0 Å². The molecule has 122 valence electrons. The van der Waals surface area contributed by atoms with Gasteiger partial charge in [-0.2, -0.15) is 0 Å². The Morgan fingerprint density at radius 1 is 0.958 bits per heavy atom. The van der Waals surface area contributed by atoms with E-state index in [1.807, 2.05) is 13.0 Å². The van der Waals surface area contributed by atoms with Crippen LogP contribution in [0, 0.1) is 0 Å². The number of aromatic carboxylic acids is 1. The molecule has 0 aliphatic carbocycles. The van der Waals surface area contributed by atoms with Crippen LogP contribution in [-0.2, 0) is 11.3 Å². The number of carbonyl (C=O) groups is 3. The Morgan fingerprint density at radius 3 is 2.00 bits per heavy atom. The summed E-state index contributed by atoms with van der Waals surface area (Å²) in [6.07, 6.45) is -0.127. The fourth-order valence-electron chi connectivity index (χ4n) is 3.08. The SMILES string of the molecule is CCn1c2ccc(C(=O)O)cc2c2cc(C(=O)CC(C)=O)ccc21. The summed E-state index contributed by atoms with van der Waals surface area (Å²) in [5.74, 6) is -1.39. The van der Waals surface area contributed by atoms with Gasteiger partial charge in [-0.25, -0.2) is 4.79 Å². The van der Waals surface area contributed by atoms with Crippen LogP contribution >= 0.6 is 0 Å². The third-order valence-corrected chi connectivity index (χ3v) is 4.16. The number of hydrogen-bond donors (Lipinski definition) is 1. The zero-order chi connectivity index (χ0) is 17.4. The number of carboxylic acids is 1. The first-order chi connectivity index (χ1) is 11.4. The number of rotatable bonds is 5. The summed E-state index contributed by atoms with van der Waals surface area (Å²) in [5.41, 5.74) is 2.54. The number of Topliss-reactive ketones (excluding diaryl/α,β-unsaturated/α-hetero) is 2. The van der Waals surface area contributed by atoms with Gasteiger partial charge in [-0.05, 0) is 50.2 Å². The Hall–Kier alpha value is -2.95. The highest BCUT2D eigenvalue weighted by molar-refractivity contribution is 6.14. The fraction of sp³-hybridized carbons (Fsp3) is 0.211. The molecule has 0 amide bonds. The lowest BCUT2D eigenvalue weighted by atomic mass is 10.0. The van der Waals surface area contributed by atoms with E-state index >= 15 is 0 Å². The molecule has 0 spiro atoms. The van der Waals surface area contributed by atoms with Crippen molar-refractivity contribution in [1.29, 1.82) is 0 Å². The van der Waals surface area contributed by atoms with Gasteiger partial charge in [-0.15, -0.1) is 0 Å². The molecule has 5 nitrogen and oxygen atoms in total. The van der Waals surface area contributed by atoms with Crippen LogP contribution in [0.5, 0.6) is 0 Å². The maximum Gasteiger partial charge on any atom is 0.335 e. The second-order valence-electron chi connectivity index (χ2n) is 5.82. The lowest BCUT2D eigenvalue weighted by Crippen LogP contribution is -2.04. The van der Waals surface area contributed by atoms with Crippen LogP contribution in [0.2, 0.25) is 0 Å². The van der Waals surface area contributed by atoms with Crippen LogP contribution in [0.15, 0.2) is 36.4 Å². The van der Waals surface area contributed by atoms with E-state index in [2.05, 4.69) is 4.57 Å². The zero-order valence-electron chi connectivity index (χ0n) is 13.5. The van der Waals surface area contributed by atoms with Crippen LogP contribution < -0.4 is 0 Å². The van der Waals surface area contributed by atoms with Crippen molar-refractivity contribution in [2.75, 3.05) is 0 Å². The molecular formula is C19H17NO4. The van der Waals surface area contributed by atoms with E-state index in [-0.39, 0.29) is 23.6 Å². The van der Waals surface area contributed by atoms with Gasteiger partial charge >= 0.3 is 5.97 Å². The Labute approximate surface area is 138 Å². The van der Waals surface area contributed by atoms with Gasteiger partial charge in [0.15, 0.2) is 5.78 Å². The lowest BCUT2D eigenvalue weighted by Gasteiger charge is -2.03. The van der Waals surface area contributed by atoms with E-state index in [9.17, 15) is 19.5 Å². The quantitative estimate of drug-likeness (QED) is 0.574. The molecule has 5 heteroatoms. The van der Waals surface area contributed by atoms with Gasteiger partial charge in [-0.1, -0.05) is 0 Å². The van der Waals surface area contributed by atoms with Gasteiger partial charge in [0.05, 0.1) is 12.0 Å². The first-order valence-corrected chi connectivity index (χ1v) is 7.74. The summed E-state index contributed by atoms with van der Waals surface area (Å²) in [6.45, 7) is 4.13. The molecule has 1 N–H and O–H groups in total. The van der Waals surface area contributed by atoms with Crippen molar-refractivity contribution in [3.63, 3.8) is 0 Å². The first-order valence-electron chi connectivity index (χ1n) is 7.74. The smallest absolute Gasteiger partial charge is 0.335 e. The summed E-state index contributed by atoms with van der Waals surface area (Å²) in [4.78, 5) is 34.6. The molecule has 0 fully saturated rings. The molecule has 3 rings (SSSR count). The lowest BCUT2D eigenvalue weighted by molar-refractivity contribution is -0.116. The second kappa shape index (κ2) is 5.92. The van der Waals surface area contributed by atoms with Gasteiger partial charge in [0.1, 0.15) is 5.78 Å². The van der Waals surface area contributed by atoms with Crippen molar-refractivity contribution >= 4 is 39.3 Å². The Balaban J connectivity index is 2.28. The van der Waals surface area contributed by atoms with Crippen molar-refractivity contribution in [3.8, 4) is 0 Å². The number of fused-ring (bicyclic) bond motifs is 3. The van der Waals surface area contributed by atoms with Gasteiger partial charge in [-0.3, -0.25) is 9.59 Å². The maximum atomic E-state index is 12.2. The number of aromatic nitrogens is 1. The van der Waals surface area contributed by atoms with Crippen molar-refractivity contribution < 1.29 is 19.5 Å². The van der Waals surface area contributed by atoms with Crippen molar-refractivity contribution in [2.45, 2.75) is 26.8 Å².